The molecule has 2 aliphatic rings. The topological polar surface area (TPSA) is 74.1 Å². The van der Waals surface area contributed by atoms with E-state index in [1.54, 1.807) is 10.7 Å². The molecular weight excluding hydrogens is 344 g/mol. The fourth-order valence-electron chi connectivity index (χ4n) is 3.91. The van der Waals surface area contributed by atoms with Crippen LogP contribution in [0.25, 0.3) is 5.65 Å². The average Bonchev–Trinajstić information content (AvgIpc) is 3.26. The summed E-state index contributed by atoms with van der Waals surface area (Å²) in [5.74, 6) is 0.858. The van der Waals surface area contributed by atoms with Crippen LogP contribution in [0, 0.1) is 5.92 Å². The van der Waals surface area contributed by atoms with Crippen molar-refractivity contribution in [1.29, 1.82) is 0 Å². The van der Waals surface area contributed by atoms with E-state index in [-0.39, 0.29) is 23.3 Å². The summed E-state index contributed by atoms with van der Waals surface area (Å²) >= 11 is 0. The van der Waals surface area contributed by atoms with Gasteiger partial charge in [-0.25, -0.2) is 9.50 Å². The predicted molar refractivity (Wildman–Crippen MR) is 101 cm³/mol. The molecule has 0 saturated carbocycles. The molecule has 2 fully saturated rings. The molecule has 0 radical (unpaired) electrons. The molecule has 0 N–H and O–H groups in total. The summed E-state index contributed by atoms with van der Waals surface area (Å²) in [7, 11) is 0. The smallest absolute Gasteiger partial charge is 0.228 e. The Balaban J connectivity index is 1.37. The Kier molecular flexibility index (Phi) is 4.28. The molecule has 27 heavy (non-hydrogen) atoms. The second-order valence-electron chi connectivity index (χ2n) is 8.31. The number of piperazine rings is 1. The molecule has 2 aromatic rings. The summed E-state index contributed by atoms with van der Waals surface area (Å²) < 4.78 is 1.76. The van der Waals surface area contributed by atoms with Crippen molar-refractivity contribution in [2.75, 3.05) is 37.6 Å². The van der Waals surface area contributed by atoms with Gasteiger partial charge >= 0.3 is 0 Å². The Labute approximate surface area is 158 Å². The molecule has 2 saturated heterocycles. The van der Waals surface area contributed by atoms with Crippen molar-refractivity contribution < 1.29 is 9.59 Å². The third-order valence-corrected chi connectivity index (χ3v) is 5.44. The third-order valence-electron chi connectivity index (χ3n) is 5.44. The highest BCUT2D eigenvalue weighted by Gasteiger charge is 2.41. The Morgan fingerprint density at radius 3 is 2.56 bits per heavy atom. The maximum atomic E-state index is 12.9. The van der Waals surface area contributed by atoms with Crippen molar-refractivity contribution in [1.82, 2.24) is 24.4 Å². The molecule has 4 heterocycles. The van der Waals surface area contributed by atoms with Gasteiger partial charge < -0.3 is 14.7 Å². The Morgan fingerprint density at radius 2 is 1.89 bits per heavy atom. The van der Waals surface area contributed by atoms with Crippen molar-refractivity contribution in [3.8, 4) is 0 Å². The molecule has 0 bridgehead atoms. The van der Waals surface area contributed by atoms with E-state index in [1.165, 1.54) is 0 Å². The number of hydrogen-bond donors (Lipinski definition) is 0. The van der Waals surface area contributed by atoms with Crippen molar-refractivity contribution in [3.05, 3.63) is 24.5 Å². The number of carbonyl (C=O) groups is 2. The van der Waals surface area contributed by atoms with E-state index >= 15 is 0 Å². The van der Waals surface area contributed by atoms with Gasteiger partial charge in [0.15, 0.2) is 5.65 Å². The van der Waals surface area contributed by atoms with Crippen LogP contribution in [0.1, 0.15) is 27.2 Å². The van der Waals surface area contributed by atoms with Crippen LogP contribution in [0.3, 0.4) is 0 Å². The lowest BCUT2D eigenvalue weighted by Crippen LogP contribution is -2.51. The predicted octanol–water partition coefficient (Wildman–Crippen LogP) is 1.02. The van der Waals surface area contributed by atoms with E-state index in [2.05, 4.69) is 15.0 Å². The van der Waals surface area contributed by atoms with E-state index in [1.807, 2.05) is 48.9 Å². The fraction of sp³-hybridized carbons (Fsp3) is 0.579. The lowest BCUT2D eigenvalue weighted by Gasteiger charge is -2.36. The van der Waals surface area contributed by atoms with E-state index in [0.717, 1.165) is 24.6 Å². The first-order chi connectivity index (χ1) is 12.8. The third kappa shape index (κ3) is 3.36. The van der Waals surface area contributed by atoms with E-state index in [0.29, 0.717) is 26.1 Å². The molecule has 144 valence electrons. The molecular formula is C19H26N6O2. The maximum absolute atomic E-state index is 12.9. The maximum Gasteiger partial charge on any atom is 0.228 e. The average molecular weight is 370 g/mol. The number of nitrogens with zero attached hydrogens (tertiary/aromatic N) is 6. The molecule has 1 atom stereocenters. The quantitative estimate of drug-likeness (QED) is 0.789. The molecule has 2 amide bonds. The van der Waals surface area contributed by atoms with E-state index < -0.39 is 0 Å². The number of amides is 2. The van der Waals surface area contributed by atoms with Crippen LogP contribution in [0.2, 0.25) is 0 Å². The highest BCUT2D eigenvalue weighted by atomic mass is 16.2. The van der Waals surface area contributed by atoms with Gasteiger partial charge in [-0.1, -0.05) is 0 Å². The number of carbonyl (C=O) groups excluding carboxylic acids is 2. The van der Waals surface area contributed by atoms with Gasteiger partial charge in [-0.05, 0) is 32.9 Å². The molecule has 4 rings (SSSR count). The highest BCUT2D eigenvalue weighted by molar-refractivity contribution is 5.89. The number of imidazole rings is 1. The molecule has 0 spiro atoms. The number of likely N-dealkylation sites (tertiary alicyclic amines) is 1. The molecule has 2 aliphatic heterocycles. The van der Waals surface area contributed by atoms with Crippen molar-refractivity contribution in [2.45, 2.75) is 32.7 Å². The number of aromatic nitrogens is 3. The van der Waals surface area contributed by atoms with Crippen LogP contribution < -0.4 is 4.90 Å². The summed E-state index contributed by atoms with van der Waals surface area (Å²) in [6.07, 6.45) is 3.89. The minimum Gasteiger partial charge on any atom is -0.352 e. The Bertz CT molecular complexity index is 862. The van der Waals surface area contributed by atoms with Gasteiger partial charge in [-0.2, -0.15) is 0 Å². The lowest BCUT2D eigenvalue weighted by atomic mass is 10.1. The molecule has 0 aliphatic carbocycles. The minimum absolute atomic E-state index is 0.0809. The molecule has 8 heteroatoms. The van der Waals surface area contributed by atoms with Crippen LogP contribution in [0.4, 0.5) is 5.82 Å². The summed E-state index contributed by atoms with van der Waals surface area (Å²) in [5.41, 5.74) is 0.587. The Morgan fingerprint density at radius 1 is 1.15 bits per heavy atom. The normalized spacial score (nSPS) is 21.4. The monoisotopic (exact) mass is 370 g/mol. The van der Waals surface area contributed by atoms with Crippen LogP contribution in [0.5, 0.6) is 0 Å². The van der Waals surface area contributed by atoms with Crippen LogP contribution in [0.15, 0.2) is 24.5 Å². The van der Waals surface area contributed by atoms with Crippen molar-refractivity contribution in [2.24, 2.45) is 5.92 Å². The molecule has 0 aromatic carbocycles. The summed E-state index contributed by atoms with van der Waals surface area (Å²) in [4.78, 5) is 35.3. The van der Waals surface area contributed by atoms with Gasteiger partial charge in [0.25, 0.3) is 0 Å². The van der Waals surface area contributed by atoms with Gasteiger partial charge in [0.1, 0.15) is 5.82 Å². The number of fused-ring (bicyclic) bond motifs is 1. The fourth-order valence-corrected chi connectivity index (χ4v) is 3.91. The number of hydrogen-bond acceptors (Lipinski definition) is 5. The second-order valence-corrected chi connectivity index (χ2v) is 8.31. The first-order valence-corrected chi connectivity index (χ1v) is 9.47. The first kappa shape index (κ1) is 17.8. The SMILES string of the molecule is CC(C)(C)N1C[C@@H](C(=O)N2CCN(c3ccc4nccn4n3)CC2)CC1=O. The minimum atomic E-state index is -0.234. The number of rotatable bonds is 2. The van der Waals surface area contributed by atoms with Crippen LogP contribution in [-0.2, 0) is 9.59 Å². The molecule has 0 unspecified atom stereocenters. The van der Waals surface area contributed by atoms with Gasteiger partial charge in [0.05, 0.1) is 5.92 Å². The van der Waals surface area contributed by atoms with Crippen molar-refractivity contribution >= 4 is 23.3 Å². The number of anilines is 1. The zero-order valence-corrected chi connectivity index (χ0v) is 16.1. The highest BCUT2D eigenvalue weighted by Crippen LogP contribution is 2.27. The van der Waals surface area contributed by atoms with E-state index in [9.17, 15) is 9.59 Å². The zero-order chi connectivity index (χ0) is 19.2. The zero-order valence-electron chi connectivity index (χ0n) is 16.1. The van der Waals surface area contributed by atoms with Crippen LogP contribution in [-0.4, -0.2) is 74.5 Å². The molecule has 8 nitrogen and oxygen atoms in total. The van der Waals surface area contributed by atoms with Gasteiger partial charge in [0.2, 0.25) is 11.8 Å². The van der Waals surface area contributed by atoms with Gasteiger partial charge in [-0.15, -0.1) is 5.10 Å². The van der Waals surface area contributed by atoms with E-state index in [4.69, 9.17) is 0 Å². The molecule has 2 aromatic heterocycles. The second kappa shape index (κ2) is 6.51. The van der Waals surface area contributed by atoms with Gasteiger partial charge in [-0.3, -0.25) is 9.59 Å². The summed E-state index contributed by atoms with van der Waals surface area (Å²) in [6, 6.07) is 3.92. The summed E-state index contributed by atoms with van der Waals surface area (Å²) in [6.45, 7) is 9.36. The lowest BCUT2D eigenvalue weighted by molar-refractivity contribution is -0.136. The summed E-state index contributed by atoms with van der Waals surface area (Å²) in [5, 5.41) is 4.58. The van der Waals surface area contributed by atoms with Crippen LogP contribution >= 0.6 is 0 Å². The largest absolute Gasteiger partial charge is 0.352 e. The first-order valence-electron chi connectivity index (χ1n) is 9.47. The van der Waals surface area contributed by atoms with Crippen molar-refractivity contribution in [3.63, 3.8) is 0 Å². The van der Waals surface area contributed by atoms with Gasteiger partial charge in [0, 0.05) is 57.1 Å². The standard InChI is InChI=1S/C19H26N6O2/c1-19(2,3)24-13-14(12-17(24)26)18(27)23-10-8-22(9-11-23)16-5-4-15-20-6-7-25(15)21-16/h4-7,14H,8-13H2,1-3H3/t14-/m0/s1. The Hall–Kier alpha value is -2.64.